The summed E-state index contributed by atoms with van der Waals surface area (Å²) in [4.78, 5) is 13.3. The van der Waals surface area contributed by atoms with Gasteiger partial charge in [-0.05, 0) is 37.0 Å². The third kappa shape index (κ3) is 3.61. The lowest BCUT2D eigenvalue weighted by Gasteiger charge is -2.21. The van der Waals surface area contributed by atoms with Gasteiger partial charge >= 0.3 is 0 Å². The van der Waals surface area contributed by atoms with Gasteiger partial charge in [0.15, 0.2) is 0 Å². The molecule has 0 aromatic heterocycles. The van der Waals surface area contributed by atoms with Crippen LogP contribution in [0, 0.1) is 12.8 Å². The zero-order valence-corrected chi connectivity index (χ0v) is 11.8. The number of benzene rings is 1. The van der Waals surface area contributed by atoms with Crippen LogP contribution in [0.2, 0.25) is 5.02 Å². The van der Waals surface area contributed by atoms with Crippen molar-refractivity contribution in [1.82, 2.24) is 5.32 Å². The Kier molecular flexibility index (Phi) is 4.66. The number of aliphatic hydroxyl groups excluding tert-OH is 1. The summed E-state index contributed by atoms with van der Waals surface area (Å²) in [6, 6.07) is 5.92. The minimum absolute atomic E-state index is 0.308. The van der Waals surface area contributed by atoms with Crippen LogP contribution in [0.3, 0.4) is 0 Å². The number of rotatable bonds is 4. The van der Waals surface area contributed by atoms with Gasteiger partial charge in [0.1, 0.15) is 6.61 Å². The second-order valence-electron chi connectivity index (χ2n) is 4.99. The summed E-state index contributed by atoms with van der Waals surface area (Å²) in [6.07, 6.45) is 1.04. The van der Waals surface area contributed by atoms with E-state index in [4.69, 9.17) is 16.7 Å². The first-order chi connectivity index (χ1) is 9.10. The van der Waals surface area contributed by atoms with Crippen molar-refractivity contribution in [1.29, 1.82) is 0 Å². The maximum absolute atomic E-state index is 11.0. The average Bonchev–Trinajstić information content (AvgIpc) is 2.87. The number of amides is 1. The molecule has 1 heterocycles. The first-order valence-electron chi connectivity index (χ1n) is 6.49. The number of nitrogens with one attached hydrogen (secondary N) is 1. The molecule has 0 radical (unpaired) electrons. The molecule has 0 spiro atoms. The molecule has 1 aromatic rings. The molecule has 5 heteroatoms. The molecule has 1 aliphatic rings. The van der Waals surface area contributed by atoms with Gasteiger partial charge < -0.3 is 15.3 Å². The van der Waals surface area contributed by atoms with Crippen LogP contribution in [0.4, 0.5) is 5.69 Å². The first kappa shape index (κ1) is 14.2. The van der Waals surface area contributed by atoms with Crippen LogP contribution in [0.1, 0.15) is 12.0 Å². The molecule has 1 aromatic carbocycles. The van der Waals surface area contributed by atoms with E-state index in [2.05, 4.69) is 17.1 Å². The quantitative estimate of drug-likeness (QED) is 0.882. The molecule has 0 aliphatic carbocycles. The molecule has 19 heavy (non-hydrogen) atoms. The Morgan fingerprint density at radius 2 is 2.37 bits per heavy atom. The van der Waals surface area contributed by atoms with Crippen molar-refractivity contribution in [3.05, 3.63) is 28.8 Å². The van der Waals surface area contributed by atoms with E-state index in [0.717, 1.165) is 24.5 Å². The molecule has 1 unspecified atom stereocenters. The van der Waals surface area contributed by atoms with Crippen molar-refractivity contribution in [3.8, 4) is 0 Å². The minimum atomic E-state index is -0.441. The van der Waals surface area contributed by atoms with Crippen molar-refractivity contribution in [2.75, 3.05) is 31.1 Å². The van der Waals surface area contributed by atoms with Crippen LogP contribution in [-0.4, -0.2) is 37.3 Å². The Morgan fingerprint density at radius 1 is 1.58 bits per heavy atom. The van der Waals surface area contributed by atoms with Gasteiger partial charge in [0.2, 0.25) is 5.91 Å². The number of hydrogen-bond donors (Lipinski definition) is 2. The summed E-state index contributed by atoms with van der Waals surface area (Å²) >= 11 is 6.04. The number of aryl methyl sites for hydroxylation is 1. The van der Waals surface area contributed by atoms with Crippen LogP contribution in [-0.2, 0) is 4.79 Å². The molecule has 1 amide bonds. The summed E-state index contributed by atoms with van der Waals surface area (Å²) in [7, 11) is 0. The molecule has 4 nitrogen and oxygen atoms in total. The maximum Gasteiger partial charge on any atom is 0.245 e. The van der Waals surface area contributed by atoms with Crippen LogP contribution >= 0.6 is 11.6 Å². The molecule has 1 aliphatic heterocycles. The van der Waals surface area contributed by atoms with E-state index in [9.17, 15) is 4.79 Å². The van der Waals surface area contributed by atoms with Crippen molar-refractivity contribution >= 4 is 23.2 Å². The fourth-order valence-corrected chi connectivity index (χ4v) is 2.62. The number of carbonyl (C=O) groups excluding carboxylic acids is 1. The fraction of sp³-hybridized carbons (Fsp3) is 0.500. The molecular formula is C14H19ClN2O2. The molecule has 1 fully saturated rings. The van der Waals surface area contributed by atoms with E-state index in [-0.39, 0.29) is 5.91 Å². The smallest absolute Gasteiger partial charge is 0.245 e. The largest absolute Gasteiger partial charge is 0.387 e. The van der Waals surface area contributed by atoms with E-state index in [1.54, 1.807) is 0 Å². The Balaban J connectivity index is 1.94. The average molecular weight is 283 g/mol. The second-order valence-corrected chi connectivity index (χ2v) is 5.43. The number of carbonyl (C=O) groups is 1. The molecule has 0 saturated carbocycles. The fourth-order valence-electron chi connectivity index (χ4n) is 2.46. The number of aliphatic hydroxyl groups is 1. The Labute approximate surface area is 118 Å². The summed E-state index contributed by atoms with van der Waals surface area (Å²) in [6.45, 7) is 4.14. The van der Waals surface area contributed by atoms with Gasteiger partial charge in [-0.25, -0.2) is 0 Å². The SMILES string of the molecule is Cc1ccc(Cl)cc1N1CCC(CNC(=O)CO)C1. The molecule has 1 saturated heterocycles. The van der Waals surface area contributed by atoms with Gasteiger partial charge in [0, 0.05) is 30.3 Å². The van der Waals surface area contributed by atoms with Gasteiger partial charge in [0.05, 0.1) is 0 Å². The summed E-state index contributed by atoms with van der Waals surface area (Å²) in [5, 5.41) is 12.1. The Bertz CT molecular complexity index is 465. The predicted octanol–water partition coefficient (Wildman–Crippen LogP) is 1.58. The van der Waals surface area contributed by atoms with Gasteiger partial charge in [0.25, 0.3) is 0 Å². The highest BCUT2D eigenvalue weighted by Gasteiger charge is 2.24. The zero-order chi connectivity index (χ0) is 13.8. The standard InChI is InChI=1S/C14H19ClN2O2/c1-10-2-3-12(15)6-13(10)17-5-4-11(8-17)7-16-14(19)9-18/h2-3,6,11,18H,4-5,7-9H2,1H3,(H,16,19). The van der Waals surface area contributed by atoms with Gasteiger partial charge in [-0.1, -0.05) is 17.7 Å². The molecule has 1 atom stereocenters. The number of anilines is 1. The molecule has 104 valence electrons. The van der Waals surface area contributed by atoms with Crippen molar-refractivity contribution in [3.63, 3.8) is 0 Å². The lowest BCUT2D eigenvalue weighted by molar-refractivity contribution is -0.123. The molecule has 2 rings (SSSR count). The van der Waals surface area contributed by atoms with E-state index < -0.39 is 6.61 Å². The van der Waals surface area contributed by atoms with Gasteiger partial charge in [-0.2, -0.15) is 0 Å². The van der Waals surface area contributed by atoms with Crippen LogP contribution in [0.5, 0.6) is 0 Å². The van der Waals surface area contributed by atoms with Gasteiger partial charge in [-0.15, -0.1) is 0 Å². The van der Waals surface area contributed by atoms with E-state index in [1.807, 2.05) is 18.2 Å². The summed E-state index contributed by atoms with van der Waals surface area (Å²) < 4.78 is 0. The summed E-state index contributed by atoms with van der Waals surface area (Å²) in [5.74, 6) is 0.117. The highest BCUT2D eigenvalue weighted by atomic mass is 35.5. The van der Waals surface area contributed by atoms with Crippen molar-refractivity contribution in [2.45, 2.75) is 13.3 Å². The molecule has 0 bridgehead atoms. The molecule has 2 N–H and O–H groups in total. The van der Waals surface area contributed by atoms with Crippen LogP contribution < -0.4 is 10.2 Å². The van der Waals surface area contributed by atoms with Crippen molar-refractivity contribution in [2.24, 2.45) is 5.92 Å². The highest BCUT2D eigenvalue weighted by molar-refractivity contribution is 6.30. The normalized spacial score (nSPS) is 18.7. The third-order valence-corrected chi connectivity index (χ3v) is 3.76. The Hall–Kier alpha value is -1.26. The maximum atomic E-state index is 11.0. The predicted molar refractivity (Wildman–Crippen MR) is 76.6 cm³/mol. The van der Waals surface area contributed by atoms with Crippen LogP contribution in [0.15, 0.2) is 18.2 Å². The number of halogens is 1. The molecular weight excluding hydrogens is 264 g/mol. The van der Waals surface area contributed by atoms with E-state index in [0.29, 0.717) is 12.5 Å². The Morgan fingerprint density at radius 3 is 3.11 bits per heavy atom. The van der Waals surface area contributed by atoms with Crippen LogP contribution in [0.25, 0.3) is 0 Å². The second kappa shape index (κ2) is 6.26. The third-order valence-electron chi connectivity index (χ3n) is 3.53. The summed E-state index contributed by atoms with van der Waals surface area (Å²) in [5.41, 5.74) is 2.38. The first-order valence-corrected chi connectivity index (χ1v) is 6.86. The minimum Gasteiger partial charge on any atom is -0.387 e. The lowest BCUT2D eigenvalue weighted by Crippen LogP contribution is -2.32. The lowest BCUT2D eigenvalue weighted by atomic mass is 10.1. The van der Waals surface area contributed by atoms with E-state index >= 15 is 0 Å². The van der Waals surface area contributed by atoms with Crippen molar-refractivity contribution < 1.29 is 9.90 Å². The zero-order valence-electron chi connectivity index (χ0n) is 11.0. The monoisotopic (exact) mass is 282 g/mol. The number of hydrogen-bond acceptors (Lipinski definition) is 3. The number of nitrogens with zero attached hydrogens (tertiary/aromatic N) is 1. The van der Waals surface area contributed by atoms with Gasteiger partial charge in [-0.3, -0.25) is 4.79 Å². The topological polar surface area (TPSA) is 52.6 Å². The van der Waals surface area contributed by atoms with E-state index in [1.165, 1.54) is 11.3 Å². The highest BCUT2D eigenvalue weighted by Crippen LogP contribution is 2.29.